The molecule has 1 atom stereocenters. The fourth-order valence-electron chi connectivity index (χ4n) is 3.37. The van der Waals surface area contributed by atoms with Crippen molar-refractivity contribution in [3.63, 3.8) is 0 Å². The molecule has 3 rings (SSSR count). The number of aliphatic hydroxyl groups is 1. The highest BCUT2D eigenvalue weighted by atomic mass is 16.3. The van der Waals surface area contributed by atoms with Gasteiger partial charge in [0.25, 0.3) is 5.91 Å². The minimum absolute atomic E-state index is 0.177. The molecule has 2 aromatic rings. The van der Waals surface area contributed by atoms with Crippen LogP contribution >= 0.6 is 0 Å². The third kappa shape index (κ3) is 3.63. The minimum atomic E-state index is -0.604. The van der Waals surface area contributed by atoms with Gasteiger partial charge in [-0.2, -0.15) is 0 Å². The molecule has 2 heterocycles. The number of benzene rings is 1. The van der Waals surface area contributed by atoms with E-state index < -0.39 is 17.7 Å². The van der Waals surface area contributed by atoms with Crippen LogP contribution in [0.25, 0.3) is 0 Å². The van der Waals surface area contributed by atoms with E-state index in [1.165, 1.54) is 10.5 Å². The van der Waals surface area contributed by atoms with Crippen molar-refractivity contribution in [2.24, 2.45) is 0 Å². The zero-order valence-electron chi connectivity index (χ0n) is 15.8. The number of rotatable bonds is 6. The van der Waals surface area contributed by atoms with Crippen molar-refractivity contribution in [2.45, 2.75) is 45.7 Å². The molecule has 1 aromatic carbocycles. The van der Waals surface area contributed by atoms with E-state index in [9.17, 15) is 14.7 Å². The first-order chi connectivity index (χ1) is 12.9. The van der Waals surface area contributed by atoms with Gasteiger partial charge < -0.3 is 10.0 Å². The summed E-state index contributed by atoms with van der Waals surface area (Å²) in [5.41, 5.74) is 2.86. The van der Waals surface area contributed by atoms with Gasteiger partial charge in [-0.3, -0.25) is 14.6 Å². The van der Waals surface area contributed by atoms with Gasteiger partial charge in [0.05, 0.1) is 23.9 Å². The number of nitrogens with zero attached hydrogens (tertiary/aromatic N) is 2. The quantitative estimate of drug-likeness (QED) is 0.838. The number of carbonyl (C=O) groups excluding carboxylic acids is 2. The van der Waals surface area contributed by atoms with Gasteiger partial charge in [0.1, 0.15) is 0 Å². The molecule has 1 aromatic heterocycles. The number of aromatic nitrogens is 1. The number of pyridine rings is 1. The average molecular weight is 364 g/mol. The summed E-state index contributed by atoms with van der Waals surface area (Å²) in [5, 5.41) is 10.4. The Bertz CT molecular complexity index is 870. The largest absolute Gasteiger partial charge is 0.503 e. The van der Waals surface area contributed by atoms with Gasteiger partial charge in [-0.15, -0.1) is 0 Å². The van der Waals surface area contributed by atoms with Crippen LogP contribution in [0.1, 0.15) is 56.0 Å². The van der Waals surface area contributed by atoms with E-state index in [-0.39, 0.29) is 24.3 Å². The first-order valence-corrected chi connectivity index (χ1v) is 9.21. The van der Waals surface area contributed by atoms with E-state index in [0.717, 1.165) is 5.56 Å². The number of aliphatic hydroxyl groups excluding tert-OH is 1. The Kier molecular flexibility index (Phi) is 5.40. The van der Waals surface area contributed by atoms with Crippen molar-refractivity contribution in [2.75, 3.05) is 0 Å². The fraction of sp³-hybridized carbons (Fsp3) is 0.318. The van der Waals surface area contributed by atoms with Crippen molar-refractivity contribution in [1.82, 2.24) is 9.88 Å². The van der Waals surface area contributed by atoms with Crippen LogP contribution in [0.2, 0.25) is 0 Å². The van der Waals surface area contributed by atoms with Crippen LogP contribution in [0.4, 0.5) is 0 Å². The predicted molar refractivity (Wildman–Crippen MR) is 103 cm³/mol. The van der Waals surface area contributed by atoms with E-state index in [0.29, 0.717) is 11.6 Å². The summed E-state index contributed by atoms with van der Waals surface area (Å²) in [5.74, 6) is -0.817. The molecule has 0 radical (unpaired) electrons. The van der Waals surface area contributed by atoms with Crippen LogP contribution in [0.15, 0.2) is 60.0 Å². The van der Waals surface area contributed by atoms with E-state index in [2.05, 4.69) is 18.8 Å². The van der Waals surface area contributed by atoms with Crippen molar-refractivity contribution in [3.8, 4) is 0 Å². The molecule has 0 fully saturated rings. The molecule has 0 saturated heterocycles. The summed E-state index contributed by atoms with van der Waals surface area (Å²) in [4.78, 5) is 31.0. The lowest BCUT2D eigenvalue weighted by Crippen LogP contribution is -2.31. The number of hydrogen-bond acceptors (Lipinski definition) is 4. The van der Waals surface area contributed by atoms with Crippen molar-refractivity contribution in [3.05, 3.63) is 76.8 Å². The summed E-state index contributed by atoms with van der Waals surface area (Å²) in [6.45, 7) is 6.17. The van der Waals surface area contributed by atoms with Gasteiger partial charge in [-0.25, -0.2) is 0 Å². The summed E-state index contributed by atoms with van der Waals surface area (Å²) in [6.07, 6.45) is 1.89. The molecule has 1 aliphatic rings. The lowest BCUT2D eigenvalue weighted by atomic mass is 9.93. The number of hydrogen-bond donors (Lipinski definition) is 1. The van der Waals surface area contributed by atoms with Crippen molar-refractivity contribution in [1.29, 1.82) is 0 Å². The maximum Gasteiger partial charge on any atom is 0.290 e. The molecule has 5 heteroatoms. The van der Waals surface area contributed by atoms with Crippen LogP contribution in [-0.4, -0.2) is 26.7 Å². The van der Waals surface area contributed by atoms with E-state index in [1.807, 2.05) is 36.4 Å². The fourth-order valence-corrected chi connectivity index (χ4v) is 3.37. The maximum absolute atomic E-state index is 12.7. The van der Waals surface area contributed by atoms with Gasteiger partial charge in [0, 0.05) is 12.6 Å². The van der Waals surface area contributed by atoms with E-state index in [1.54, 1.807) is 19.2 Å². The Morgan fingerprint density at radius 1 is 1.19 bits per heavy atom. The van der Waals surface area contributed by atoms with Gasteiger partial charge >= 0.3 is 0 Å². The molecular weight excluding hydrogens is 340 g/mol. The SMILES string of the molecule is CCC(=O)C1=C(O)C(=O)N(Cc2ccccn2)C1c1ccc(C(C)C)cc1. The number of ketones is 1. The molecule has 1 N–H and O–H groups in total. The zero-order valence-corrected chi connectivity index (χ0v) is 15.8. The van der Waals surface area contributed by atoms with Gasteiger partial charge in [0.15, 0.2) is 11.5 Å². The molecular formula is C22H24N2O3. The average Bonchev–Trinajstić information content (AvgIpc) is 2.93. The number of carbonyl (C=O) groups is 2. The van der Waals surface area contributed by atoms with Gasteiger partial charge in [0.2, 0.25) is 0 Å². The monoisotopic (exact) mass is 364 g/mol. The molecule has 140 valence electrons. The first-order valence-electron chi connectivity index (χ1n) is 9.21. The Morgan fingerprint density at radius 3 is 2.44 bits per heavy atom. The topological polar surface area (TPSA) is 70.5 Å². The Morgan fingerprint density at radius 2 is 1.89 bits per heavy atom. The maximum atomic E-state index is 12.7. The van der Waals surface area contributed by atoms with Gasteiger partial charge in [-0.05, 0) is 29.2 Å². The summed E-state index contributed by atoms with van der Waals surface area (Å²) in [7, 11) is 0. The van der Waals surface area contributed by atoms with Crippen LogP contribution in [0.3, 0.4) is 0 Å². The number of Topliss-reactive ketones (excluding diaryl/α,β-unsaturated/α-hetero) is 1. The molecule has 0 aliphatic carbocycles. The Hall–Kier alpha value is -2.95. The summed E-state index contributed by atoms with van der Waals surface area (Å²) in [6, 6.07) is 12.7. The molecule has 0 spiro atoms. The second-order valence-corrected chi connectivity index (χ2v) is 7.02. The standard InChI is InChI=1S/C22H24N2O3/c1-4-18(25)19-20(16-10-8-15(9-11-16)14(2)3)24(22(27)21(19)26)13-17-7-5-6-12-23-17/h5-12,14,20,26H,4,13H2,1-3H3. The second-order valence-electron chi connectivity index (χ2n) is 7.02. The molecule has 0 bridgehead atoms. The summed E-state index contributed by atoms with van der Waals surface area (Å²) < 4.78 is 0. The molecule has 0 saturated carbocycles. The highest BCUT2D eigenvalue weighted by Gasteiger charge is 2.43. The molecule has 1 aliphatic heterocycles. The zero-order chi connectivity index (χ0) is 19.6. The van der Waals surface area contributed by atoms with Crippen molar-refractivity contribution >= 4 is 11.7 Å². The highest BCUT2D eigenvalue weighted by molar-refractivity contribution is 6.08. The normalized spacial score (nSPS) is 17.1. The second kappa shape index (κ2) is 7.74. The lowest BCUT2D eigenvalue weighted by Gasteiger charge is -2.26. The highest BCUT2D eigenvalue weighted by Crippen LogP contribution is 2.39. The Balaban J connectivity index is 2.04. The number of amides is 1. The summed E-state index contributed by atoms with van der Waals surface area (Å²) >= 11 is 0. The van der Waals surface area contributed by atoms with E-state index >= 15 is 0 Å². The van der Waals surface area contributed by atoms with Crippen LogP contribution in [0, 0.1) is 0 Å². The van der Waals surface area contributed by atoms with Crippen LogP contribution in [-0.2, 0) is 16.1 Å². The molecule has 27 heavy (non-hydrogen) atoms. The third-order valence-electron chi connectivity index (χ3n) is 4.90. The van der Waals surface area contributed by atoms with Gasteiger partial charge in [-0.1, -0.05) is 51.1 Å². The molecule has 1 unspecified atom stereocenters. The third-order valence-corrected chi connectivity index (χ3v) is 4.90. The Labute approximate surface area is 159 Å². The first kappa shape index (κ1) is 18.8. The van der Waals surface area contributed by atoms with E-state index in [4.69, 9.17) is 0 Å². The molecule has 1 amide bonds. The lowest BCUT2D eigenvalue weighted by molar-refractivity contribution is -0.130. The van der Waals surface area contributed by atoms with Crippen molar-refractivity contribution < 1.29 is 14.7 Å². The molecule has 5 nitrogen and oxygen atoms in total. The minimum Gasteiger partial charge on any atom is -0.503 e. The predicted octanol–water partition coefficient (Wildman–Crippen LogP) is 4.08. The van der Waals surface area contributed by atoms with Crippen LogP contribution < -0.4 is 0 Å². The van der Waals surface area contributed by atoms with Crippen LogP contribution in [0.5, 0.6) is 0 Å². The smallest absolute Gasteiger partial charge is 0.290 e.